The molecule has 0 unspecified atom stereocenters. The van der Waals surface area contributed by atoms with Gasteiger partial charge >= 0.3 is 0 Å². The van der Waals surface area contributed by atoms with Crippen molar-refractivity contribution < 1.29 is 4.79 Å². The molecule has 4 nitrogen and oxygen atoms in total. The zero-order valence-corrected chi connectivity index (χ0v) is 21.3. The van der Waals surface area contributed by atoms with Crippen LogP contribution in [-0.2, 0) is 13.0 Å². The fraction of sp³-hybridized carbons (Fsp3) is 0.308. The molecule has 0 atom stereocenters. The molecule has 3 heterocycles. The summed E-state index contributed by atoms with van der Waals surface area (Å²) < 4.78 is 1.18. The Kier molecular flexibility index (Phi) is 6.83. The van der Waals surface area contributed by atoms with Gasteiger partial charge in [0, 0.05) is 34.0 Å². The molecule has 170 valence electrons. The highest BCUT2D eigenvalue weighted by Crippen LogP contribution is 2.45. The van der Waals surface area contributed by atoms with Crippen molar-refractivity contribution >= 4 is 55.6 Å². The number of carbonyl (C=O) groups excluding carboxylic acids is 1. The van der Waals surface area contributed by atoms with Gasteiger partial charge in [-0.05, 0) is 61.0 Å². The van der Waals surface area contributed by atoms with Gasteiger partial charge in [0.25, 0.3) is 5.91 Å². The molecule has 0 fully saturated rings. The van der Waals surface area contributed by atoms with E-state index in [-0.39, 0.29) is 5.91 Å². The van der Waals surface area contributed by atoms with Crippen molar-refractivity contribution in [3.63, 3.8) is 0 Å². The van der Waals surface area contributed by atoms with E-state index in [1.165, 1.54) is 15.1 Å². The Bertz CT molecular complexity index is 1260. The largest absolute Gasteiger partial charge is 0.313 e. The molecule has 0 aliphatic carbocycles. The molecule has 0 radical (unpaired) electrons. The van der Waals surface area contributed by atoms with Gasteiger partial charge in [-0.15, -0.1) is 34.4 Å². The van der Waals surface area contributed by atoms with E-state index in [4.69, 9.17) is 4.98 Å². The standard InChI is InChI=1S/C26H27N3OS3/c1-3-13-29-14-12-19-22(16-29)33-26(23(19)25-27-20-10-5-6-11-21(20)32-25)28-24(30)17-8-7-9-18(15-17)31-4-2/h5-11,15H,3-4,12-14,16H2,1-2H3,(H,28,30). The van der Waals surface area contributed by atoms with Gasteiger partial charge in [0.2, 0.25) is 0 Å². The van der Waals surface area contributed by atoms with Crippen molar-refractivity contribution in [3.8, 4) is 10.6 Å². The fourth-order valence-corrected chi connectivity index (χ4v) is 7.44. The first-order valence-corrected chi connectivity index (χ1v) is 14.0. The van der Waals surface area contributed by atoms with Crippen LogP contribution >= 0.6 is 34.4 Å². The van der Waals surface area contributed by atoms with E-state index >= 15 is 0 Å². The molecule has 0 saturated carbocycles. The number of benzene rings is 2. The maximum Gasteiger partial charge on any atom is 0.256 e. The van der Waals surface area contributed by atoms with Crippen LogP contribution in [0.4, 0.5) is 5.00 Å². The number of carbonyl (C=O) groups is 1. The van der Waals surface area contributed by atoms with Crippen LogP contribution in [0, 0.1) is 0 Å². The summed E-state index contributed by atoms with van der Waals surface area (Å²) in [4.78, 5) is 23.2. The van der Waals surface area contributed by atoms with Gasteiger partial charge in [-0.25, -0.2) is 4.98 Å². The lowest BCUT2D eigenvalue weighted by Crippen LogP contribution is -2.30. The second-order valence-electron chi connectivity index (χ2n) is 8.14. The van der Waals surface area contributed by atoms with Crippen LogP contribution < -0.4 is 5.32 Å². The minimum Gasteiger partial charge on any atom is -0.313 e. The van der Waals surface area contributed by atoms with Gasteiger partial charge in [0.05, 0.1) is 10.2 Å². The molecule has 1 aliphatic rings. The van der Waals surface area contributed by atoms with Crippen molar-refractivity contribution in [2.45, 2.75) is 38.1 Å². The average molecular weight is 494 g/mol. The highest BCUT2D eigenvalue weighted by atomic mass is 32.2. The monoisotopic (exact) mass is 493 g/mol. The van der Waals surface area contributed by atoms with E-state index in [2.05, 4.69) is 48.3 Å². The van der Waals surface area contributed by atoms with Gasteiger partial charge in [-0.2, -0.15) is 0 Å². The molecule has 33 heavy (non-hydrogen) atoms. The van der Waals surface area contributed by atoms with Gasteiger partial charge in [0.15, 0.2) is 0 Å². The molecular weight excluding hydrogens is 467 g/mol. The van der Waals surface area contributed by atoms with Gasteiger partial charge in [0.1, 0.15) is 10.0 Å². The molecule has 2 aromatic carbocycles. The number of thiazole rings is 1. The predicted molar refractivity (Wildman–Crippen MR) is 143 cm³/mol. The smallest absolute Gasteiger partial charge is 0.256 e. The van der Waals surface area contributed by atoms with Gasteiger partial charge < -0.3 is 5.32 Å². The van der Waals surface area contributed by atoms with Crippen molar-refractivity contribution in [3.05, 3.63) is 64.5 Å². The molecule has 5 rings (SSSR count). The molecule has 7 heteroatoms. The van der Waals surface area contributed by atoms with Crippen molar-refractivity contribution in [1.82, 2.24) is 9.88 Å². The third-order valence-electron chi connectivity index (χ3n) is 5.82. The number of aromatic nitrogens is 1. The Labute approximate surface area is 207 Å². The van der Waals surface area contributed by atoms with E-state index < -0.39 is 0 Å². The summed E-state index contributed by atoms with van der Waals surface area (Å²) in [6.07, 6.45) is 2.15. The third kappa shape index (κ3) is 4.73. The number of nitrogens with zero attached hydrogens (tertiary/aromatic N) is 2. The topological polar surface area (TPSA) is 45.2 Å². The Balaban J connectivity index is 1.53. The first-order valence-electron chi connectivity index (χ1n) is 11.4. The lowest BCUT2D eigenvalue weighted by molar-refractivity contribution is 0.102. The normalized spacial score (nSPS) is 13.9. The van der Waals surface area contributed by atoms with Crippen molar-refractivity contribution in [2.24, 2.45) is 0 Å². The van der Waals surface area contributed by atoms with Crippen LogP contribution in [0.2, 0.25) is 0 Å². The minimum absolute atomic E-state index is 0.0556. The van der Waals surface area contributed by atoms with E-state index in [1.54, 1.807) is 34.4 Å². The molecule has 1 amide bonds. The molecule has 0 bridgehead atoms. The predicted octanol–water partition coefficient (Wildman–Crippen LogP) is 7.16. The quantitative estimate of drug-likeness (QED) is 0.278. The summed E-state index contributed by atoms with van der Waals surface area (Å²) in [5.74, 6) is 0.929. The zero-order chi connectivity index (χ0) is 22.8. The van der Waals surface area contributed by atoms with Crippen LogP contribution in [-0.4, -0.2) is 34.6 Å². The zero-order valence-electron chi connectivity index (χ0n) is 18.9. The molecular formula is C26H27N3OS3. The number of nitrogens with one attached hydrogen (secondary N) is 1. The number of thiophene rings is 1. The maximum absolute atomic E-state index is 13.3. The van der Waals surface area contributed by atoms with E-state index in [9.17, 15) is 4.79 Å². The van der Waals surface area contributed by atoms with Crippen LogP contribution in [0.25, 0.3) is 20.8 Å². The van der Waals surface area contributed by atoms with Crippen LogP contribution in [0.1, 0.15) is 41.1 Å². The van der Waals surface area contributed by atoms with Crippen LogP contribution in [0.3, 0.4) is 0 Å². The van der Waals surface area contributed by atoms with Crippen LogP contribution in [0.5, 0.6) is 0 Å². The Morgan fingerprint density at radius 2 is 2.03 bits per heavy atom. The van der Waals surface area contributed by atoms with Gasteiger partial charge in [-0.1, -0.05) is 32.0 Å². The van der Waals surface area contributed by atoms with Crippen LogP contribution in [0.15, 0.2) is 53.4 Å². The second-order valence-corrected chi connectivity index (χ2v) is 11.6. The number of fused-ring (bicyclic) bond motifs is 2. The third-order valence-corrected chi connectivity index (χ3v) is 8.88. The summed E-state index contributed by atoms with van der Waals surface area (Å²) in [5, 5.41) is 5.19. The summed E-state index contributed by atoms with van der Waals surface area (Å²) >= 11 is 5.19. The maximum atomic E-state index is 13.3. The van der Waals surface area contributed by atoms with Crippen molar-refractivity contribution in [1.29, 1.82) is 0 Å². The number of hydrogen-bond acceptors (Lipinski definition) is 6. The number of thioether (sulfide) groups is 1. The molecule has 0 spiro atoms. The number of rotatable bonds is 7. The highest BCUT2D eigenvalue weighted by molar-refractivity contribution is 7.99. The van der Waals surface area contributed by atoms with Gasteiger partial charge in [-0.3, -0.25) is 9.69 Å². The average Bonchev–Trinajstić information content (AvgIpc) is 3.40. The number of amides is 1. The second kappa shape index (κ2) is 9.97. The van der Waals surface area contributed by atoms with E-state index in [1.807, 2.05) is 24.3 Å². The first kappa shape index (κ1) is 22.6. The number of hydrogen-bond donors (Lipinski definition) is 1. The number of para-hydroxylation sites is 1. The Morgan fingerprint density at radius 3 is 2.85 bits per heavy atom. The summed E-state index contributed by atoms with van der Waals surface area (Å²) in [6, 6.07) is 16.2. The molecule has 4 aromatic rings. The Morgan fingerprint density at radius 1 is 1.15 bits per heavy atom. The van der Waals surface area contributed by atoms with E-state index in [0.29, 0.717) is 5.56 Å². The number of anilines is 1. The summed E-state index contributed by atoms with van der Waals surface area (Å²) in [6.45, 7) is 7.47. The minimum atomic E-state index is -0.0556. The lowest BCUT2D eigenvalue weighted by atomic mass is 10.0. The lowest BCUT2D eigenvalue weighted by Gasteiger charge is -2.26. The highest BCUT2D eigenvalue weighted by Gasteiger charge is 2.27. The summed E-state index contributed by atoms with van der Waals surface area (Å²) in [5.41, 5.74) is 4.20. The van der Waals surface area contributed by atoms with E-state index in [0.717, 1.165) is 64.2 Å². The Hall–Kier alpha value is -2.19. The fourth-order valence-electron chi connectivity index (χ4n) is 4.33. The van der Waals surface area contributed by atoms with Crippen molar-refractivity contribution in [2.75, 3.05) is 24.2 Å². The first-order chi connectivity index (χ1) is 16.2. The molecule has 0 saturated heterocycles. The summed E-state index contributed by atoms with van der Waals surface area (Å²) in [7, 11) is 0. The molecule has 2 aromatic heterocycles. The molecule has 1 N–H and O–H groups in total. The SMILES string of the molecule is CCCN1CCc2c(sc(NC(=O)c3cccc(SCC)c3)c2-c2nc3ccccc3s2)C1. The molecule has 1 aliphatic heterocycles.